The van der Waals surface area contributed by atoms with E-state index < -0.39 is 5.97 Å². The molecule has 2 aromatic carbocycles. The summed E-state index contributed by atoms with van der Waals surface area (Å²) >= 11 is 0. The van der Waals surface area contributed by atoms with Crippen LogP contribution in [0.2, 0.25) is 0 Å². The number of oxazole rings is 1. The molecule has 148 valence electrons. The molecule has 0 radical (unpaired) electrons. The first-order valence-corrected chi connectivity index (χ1v) is 9.69. The van der Waals surface area contributed by atoms with E-state index in [4.69, 9.17) is 18.9 Å². The van der Waals surface area contributed by atoms with Crippen molar-refractivity contribution in [1.82, 2.24) is 14.5 Å². The molecule has 1 aliphatic rings. The number of methoxy groups -OCH3 is 1. The summed E-state index contributed by atoms with van der Waals surface area (Å²) in [4.78, 5) is 21.1. The first kappa shape index (κ1) is 17.9. The van der Waals surface area contributed by atoms with Crippen molar-refractivity contribution in [3.63, 3.8) is 0 Å². The summed E-state index contributed by atoms with van der Waals surface area (Å²) in [5, 5.41) is 0. The number of nitrogens with zero attached hydrogens (tertiary/aromatic N) is 3. The fraction of sp³-hybridized carbons (Fsp3) is 0.318. The maximum absolute atomic E-state index is 11.7. The molecule has 5 rings (SSSR count). The van der Waals surface area contributed by atoms with Crippen molar-refractivity contribution in [2.45, 2.75) is 25.8 Å². The molecular weight excluding hydrogens is 370 g/mol. The molecule has 1 fully saturated rings. The van der Waals surface area contributed by atoms with E-state index >= 15 is 0 Å². The Morgan fingerprint density at radius 1 is 1.10 bits per heavy atom. The smallest absolute Gasteiger partial charge is 0.337 e. The van der Waals surface area contributed by atoms with Crippen LogP contribution in [0.25, 0.3) is 33.6 Å². The lowest BCUT2D eigenvalue weighted by molar-refractivity contribution is 0.0601. The van der Waals surface area contributed by atoms with Gasteiger partial charge < -0.3 is 18.5 Å². The van der Waals surface area contributed by atoms with Gasteiger partial charge in [0.25, 0.3) is 0 Å². The van der Waals surface area contributed by atoms with Gasteiger partial charge in [-0.1, -0.05) is 0 Å². The van der Waals surface area contributed by atoms with E-state index in [9.17, 15) is 4.79 Å². The Labute approximate surface area is 167 Å². The number of hydrogen-bond acceptors (Lipinski definition) is 6. The molecule has 0 unspecified atom stereocenters. The van der Waals surface area contributed by atoms with Gasteiger partial charge in [0.05, 0.1) is 23.7 Å². The predicted molar refractivity (Wildman–Crippen MR) is 108 cm³/mol. The van der Waals surface area contributed by atoms with Crippen molar-refractivity contribution in [1.29, 1.82) is 0 Å². The molecule has 1 aliphatic heterocycles. The van der Waals surface area contributed by atoms with Crippen LogP contribution in [0, 0.1) is 6.92 Å². The van der Waals surface area contributed by atoms with Crippen molar-refractivity contribution in [2.24, 2.45) is 0 Å². The second kappa shape index (κ2) is 7.00. The molecule has 7 heteroatoms. The van der Waals surface area contributed by atoms with Gasteiger partial charge in [-0.25, -0.2) is 14.8 Å². The van der Waals surface area contributed by atoms with Gasteiger partial charge in [-0.3, -0.25) is 0 Å². The summed E-state index contributed by atoms with van der Waals surface area (Å²) in [5.41, 5.74) is 4.57. The number of fused-ring (bicyclic) bond motifs is 2. The Kier molecular flexibility index (Phi) is 4.32. The number of aromatic nitrogens is 3. The number of carbonyl (C=O) groups is 1. The van der Waals surface area contributed by atoms with E-state index in [2.05, 4.69) is 15.6 Å². The molecule has 0 bridgehead atoms. The van der Waals surface area contributed by atoms with Gasteiger partial charge in [0.15, 0.2) is 5.58 Å². The van der Waals surface area contributed by atoms with Crippen molar-refractivity contribution in [3.05, 3.63) is 47.8 Å². The maximum Gasteiger partial charge on any atom is 0.337 e. The van der Waals surface area contributed by atoms with Crippen LogP contribution < -0.4 is 0 Å². The van der Waals surface area contributed by atoms with Crippen molar-refractivity contribution < 1.29 is 18.7 Å². The summed E-state index contributed by atoms with van der Waals surface area (Å²) in [6.45, 7) is 3.62. The Morgan fingerprint density at radius 3 is 2.72 bits per heavy atom. The Hall–Kier alpha value is -3.19. The van der Waals surface area contributed by atoms with E-state index in [0.717, 1.165) is 48.5 Å². The molecule has 0 N–H and O–H groups in total. The molecular formula is C22H21N3O4. The summed E-state index contributed by atoms with van der Waals surface area (Å²) in [5.74, 6) is 1.11. The first-order chi connectivity index (χ1) is 14.1. The zero-order chi connectivity index (χ0) is 20.0. The number of ether oxygens (including phenoxy) is 2. The average molecular weight is 391 g/mol. The normalized spacial score (nSPS) is 15.2. The molecule has 7 nitrogen and oxygen atoms in total. The monoisotopic (exact) mass is 391 g/mol. The zero-order valence-corrected chi connectivity index (χ0v) is 16.3. The van der Waals surface area contributed by atoms with Crippen LogP contribution in [-0.2, 0) is 9.47 Å². The molecule has 0 spiro atoms. The summed E-state index contributed by atoms with van der Waals surface area (Å²) in [6, 6.07) is 11.6. The fourth-order valence-corrected chi connectivity index (χ4v) is 4.05. The number of hydrogen-bond donors (Lipinski definition) is 0. The number of aryl methyl sites for hydroxylation is 1. The molecule has 2 aromatic heterocycles. The van der Waals surface area contributed by atoms with Crippen LogP contribution >= 0.6 is 0 Å². The number of esters is 1. The van der Waals surface area contributed by atoms with Gasteiger partial charge in [0.1, 0.15) is 11.3 Å². The Balaban J connectivity index is 1.54. The highest BCUT2D eigenvalue weighted by molar-refractivity contribution is 5.93. The lowest BCUT2D eigenvalue weighted by atomic mass is 10.1. The number of rotatable bonds is 3. The largest absolute Gasteiger partial charge is 0.465 e. The molecule has 4 aromatic rings. The van der Waals surface area contributed by atoms with Crippen molar-refractivity contribution >= 4 is 28.1 Å². The van der Waals surface area contributed by atoms with Crippen LogP contribution in [0.3, 0.4) is 0 Å². The lowest BCUT2D eigenvalue weighted by Crippen LogP contribution is -2.20. The van der Waals surface area contributed by atoms with Gasteiger partial charge in [-0.15, -0.1) is 0 Å². The second-order valence-corrected chi connectivity index (χ2v) is 7.27. The number of benzene rings is 2. The Bertz CT molecular complexity index is 1220. The number of carbonyl (C=O) groups excluding carboxylic acids is 1. The topological polar surface area (TPSA) is 79.4 Å². The Morgan fingerprint density at radius 2 is 1.93 bits per heavy atom. The highest BCUT2D eigenvalue weighted by atomic mass is 16.5. The second-order valence-electron chi connectivity index (χ2n) is 7.27. The lowest BCUT2D eigenvalue weighted by Gasteiger charge is -2.25. The highest BCUT2D eigenvalue weighted by Gasteiger charge is 2.21. The molecule has 1 saturated heterocycles. The quantitative estimate of drug-likeness (QED) is 0.485. The number of imidazole rings is 1. The molecule has 0 aliphatic carbocycles. The minimum Gasteiger partial charge on any atom is -0.465 e. The molecule has 3 heterocycles. The maximum atomic E-state index is 11.7. The zero-order valence-electron chi connectivity index (χ0n) is 16.3. The van der Waals surface area contributed by atoms with E-state index in [1.54, 1.807) is 18.2 Å². The summed E-state index contributed by atoms with van der Waals surface area (Å²) in [6.07, 6.45) is 2.00. The third-order valence-electron chi connectivity index (χ3n) is 5.48. The average Bonchev–Trinajstić information content (AvgIpc) is 3.32. The molecule has 0 atom stereocenters. The van der Waals surface area contributed by atoms with Gasteiger partial charge >= 0.3 is 5.97 Å². The van der Waals surface area contributed by atoms with Crippen LogP contribution in [0.15, 0.2) is 40.8 Å². The van der Waals surface area contributed by atoms with Gasteiger partial charge in [-0.05, 0) is 56.2 Å². The summed E-state index contributed by atoms with van der Waals surface area (Å²) < 4.78 is 18.5. The molecule has 29 heavy (non-hydrogen) atoms. The van der Waals surface area contributed by atoms with Crippen LogP contribution in [0.4, 0.5) is 0 Å². The van der Waals surface area contributed by atoms with Crippen LogP contribution in [0.5, 0.6) is 0 Å². The highest BCUT2D eigenvalue weighted by Crippen LogP contribution is 2.31. The summed E-state index contributed by atoms with van der Waals surface area (Å²) in [7, 11) is 1.36. The standard InChI is InChI=1S/C22H21N3O4/c1-13-23-17-11-14(3-5-19(17)25(13)16-7-9-28-10-8-16)21-24-18-12-15(22(26)27-2)4-6-20(18)29-21/h3-6,11-12,16H,7-10H2,1-2H3. The van der Waals surface area contributed by atoms with Crippen molar-refractivity contribution in [3.8, 4) is 11.5 Å². The van der Waals surface area contributed by atoms with Crippen LogP contribution in [-0.4, -0.2) is 40.8 Å². The van der Waals surface area contributed by atoms with E-state index in [1.807, 2.05) is 19.1 Å². The third kappa shape index (κ3) is 3.07. The molecule has 0 saturated carbocycles. The van der Waals surface area contributed by atoms with Gasteiger partial charge in [0.2, 0.25) is 5.89 Å². The van der Waals surface area contributed by atoms with E-state index in [0.29, 0.717) is 28.6 Å². The van der Waals surface area contributed by atoms with Crippen LogP contribution in [0.1, 0.15) is 35.1 Å². The predicted octanol–water partition coefficient (Wildman–Crippen LogP) is 4.29. The van der Waals surface area contributed by atoms with Gasteiger partial charge in [0, 0.05) is 24.8 Å². The van der Waals surface area contributed by atoms with Gasteiger partial charge in [-0.2, -0.15) is 0 Å². The SMILES string of the molecule is COC(=O)c1ccc2oc(-c3ccc4c(c3)nc(C)n4C3CCOCC3)nc2c1. The fourth-order valence-electron chi connectivity index (χ4n) is 4.05. The van der Waals surface area contributed by atoms with E-state index in [1.165, 1.54) is 7.11 Å². The minimum absolute atomic E-state index is 0.396. The minimum atomic E-state index is -0.396. The molecule has 0 amide bonds. The first-order valence-electron chi connectivity index (χ1n) is 9.69. The van der Waals surface area contributed by atoms with E-state index in [-0.39, 0.29) is 0 Å². The van der Waals surface area contributed by atoms with Crippen molar-refractivity contribution in [2.75, 3.05) is 20.3 Å². The third-order valence-corrected chi connectivity index (χ3v) is 5.48.